The van der Waals surface area contributed by atoms with Crippen LogP contribution in [0, 0.1) is 0 Å². The molecule has 0 saturated heterocycles. The molecule has 1 unspecified atom stereocenters. The van der Waals surface area contributed by atoms with E-state index in [2.05, 4.69) is 25.6 Å². The minimum absolute atomic E-state index is 0.195. The molecule has 1 aromatic carbocycles. The number of rotatable bonds is 6. The molecule has 8 heteroatoms. The number of halogens is 1. The van der Waals surface area contributed by atoms with Crippen molar-refractivity contribution in [3.63, 3.8) is 0 Å². The van der Waals surface area contributed by atoms with Crippen LogP contribution in [0.1, 0.15) is 30.0 Å². The quantitative estimate of drug-likeness (QED) is 0.794. The maximum absolute atomic E-state index is 12.6. The van der Waals surface area contributed by atoms with Crippen molar-refractivity contribution in [2.75, 3.05) is 0 Å². The van der Waals surface area contributed by atoms with Crippen molar-refractivity contribution >= 4 is 37.3 Å². The van der Waals surface area contributed by atoms with Crippen molar-refractivity contribution < 1.29 is 8.42 Å². The molecule has 5 nitrogen and oxygen atoms in total. The molecule has 0 bridgehead atoms. The first kappa shape index (κ1) is 16.6. The van der Waals surface area contributed by atoms with Crippen LogP contribution in [0.5, 0.6) is 0 Å². The van der Waals surface area contributed by atoms with E-state index in [1.807, 2.05) is 12.3 Å². The Morgan fingerprint density at radius 2 is 2.24 bits per heavy atom. The lowest BCUT2D eigenvalue weighted by Gasteiger charge is -2.16. The number of hydrogen-bond donors (Lipinski definition) is 2. The summed E-state index contributed by atoms with van der Waals surface area (Å²) in [7, 11) is -3.65. The monoisotopic (exact) mass is 389 g/mol. The Morgan fingerprint density at radius 1 is 1.48 bits per heavy atom. The molecular weight excluding hydrogens is 374 g/mol. The number of aromatic nitrogens is 1. The van der Waals surface area contributed by atoms with Gasteiger partial charge in [0, 0.05) is 22.6 Å². The normalized spacial score (nSPS) is 13.3. The number of sulfonamides is 1. The van der Waals surface area contributed by atoms with Gasteiger partial charge in [0.1, 0.15) is 5.01 Å². The van der Waals surface area contributed by atoms with Crippen LogP contribution in [0.2, 0.25) is 0 Å². The first-order valence-corrected chi connectivity index (χ1v) is 9.53. The van der Waals surface area contributed by atoms with Crippen molar-refractivity contribution in [3.05, 3.63) is 44.8 Å². The van der Waals surface area contributed by atoms with Crippen molar-refractivity contribution in [2.24, 2.45) is 5.73 Å². The summed E-state index contributed by atoms with van der Waals surface area (Å²) >= 11 is 4.72. The Morgan fingerprint density at radius 3 is 2.81 bits per heavy atom. The highest BCUT2D eigenvalue weighted by molar-refractivity contribution is 9.10. The molecule has 114 valence electrons. The molecule has 0 aliphatic heterocycles. The number of nitrogens with one attached hydrogen (secondary N) is 1. The fraction of sp³-hybridized carbons (Fsp3) is 0.308. The SMILES string of the molecule is CCC(NS(=O)(=O)c1cc(CN)ccc1Br)c1nccs1. The summed E-state index contributed by atoms with van der Waals surface area (Å²) in [5, 5.41) is 2.59. The zero-order chi connectivity index (χ0) is 15.5. The van der Waals surface area contributed by atoms with E-state index < -0.39 is 10.0 Å². The Bertz CT molecular complexity index is 702. The van der Waals surface area contributed by atoms with Crippen molar-refractivity contribution in [1.82, 2.24) is 9.71 Å². The Balaban J connectivity index is 2.34. The second-order valence-corrected chi connectivity index (χ2v) is 7.88. The predicted molar refractivity (Wildman–Crippen MR) is 87.5 cm³/mol. The highest BCUT2D eigenvalue weighted by Gasteiger charge is 2.24. The second kappa shape index (κ2) is 6.97. The van der Waals surface area contributed by atoms with Gasteiger partial charge >= 0.3 is 0 Å². The van der Waals surface area contributed by atoms with Gasteiger partial charge in [0.2, 0.25) is 10.0 Å². The fourth-order valence-electron chi connectivity index (χ4n) is 1.85. The van der Waals surface area contributed by atoms with Crippen molar-refractivity contribution in [2.45, 2.75) is 30.8 Å². The third-order valence-corrected chi connectivity index (χ3v) is 6.33. The number of benzene rings is 1. The van der Waals surface area contributed by atoms with Gasteiger partial charge < -0.3 is 5.73 Å². The van der Waals surface area contributed by atoms with Crippen LogP contribution in [0.25, 0.3) is 0 Å². The molecule has 1 aromatic heterocycles. The van der Waals surface area contributed by atoms with Gasteiger partial charge in [-0.3, -0.25) is 0 Å². The third kappa shape index (κ3) is 3.89. The largest absolute Gasteiger partial charge is 0.326 e. The molecule has 0 saturated carbocycles. The minimum atomic E-state index is -3.65. The van der Waals surface area contributed by atoms with Gasteiger partial charge in [0.25, 0.3) is 0 Å². The summed E-state index contributed by atoms with van der Waals surface area (Å²) in [6, 6.07) is 4.74. The van der Waals surface area contributed by atoms with E-state index >= 15 is 0 Å². The number of nitrogens with zero attached hydrogens (tertiary/aromatic N) is 1. The third-order valence-electron chi connectivity index (χ3n) is 2.98. The van der Waals surface area contributed by atoms with Gasteiger partial charge in [-0.1, -0.05) is 13.0 Å². The van der Waals surface area contributed by atoms with Crippen LogP contribution < -0.4 is 10.5 Å². The van der Waals surface area contributed by atoms with E-state index in [0.717, 1.165) is 10.6 Å². The average molecular weight is 390 g/mol. The summed E-state index contributed by atoms with van der Waals surface area (Å²) in [6.45, 7) is 2.21. The molecule has 0 fully saturated rings. The van der Waals surface area contributed by atoms with Crippen LogP contribution in [0.4, 0.5) is 0 Å². The van der Waals surface area contributed by atoms with Crippen LogP contribution in [-0.4, -0.2) is 13.4 Å². The summed E-state index contributed by atoms with van der Waals surface area (Å²) in [5.41, 5.74) is 6.34. The topological polar surface area (TPSA) is 85.1 Å². The summed E-state index contributed by atoms with van der Waals surface area (Å²) < 4.78 is 28.4. The van der Waals surface area contributed by atoms with Gasteiger partial charge in [-0.05, 0) is 40.0 Å². The van der Waals surface area contributed by atoms with E-state index in [1.165, 1.54) is 11.3 Å². The van der Waals surface area contributed by atoms with Crippen molar-refractivity contribution in [1.29, 1.82) is 0 Å². The maximum atomic E-state index is 12.6. The lowest BCUT2D eigenvalue weighted by molar-refractivity contribution is 0.548. The molecular formula is C13H16BrN3O2S2. The zero-order valence-electron chi connectivity index (χ0n) is 11.4. The lowest BCUT2D eigenvalue weighted by atomic mass is 10.2. The van der Waals surface area contributed by atoms with E-state index in [-0.39, 0.29) is 10.9 Å². The van der Waals surface area contributed by atoms with Crippen molar-refractivity contribution in [3.8, 4) is 0 Å². The minimum Gasteiger partial charge on any atom is -0.326 e. The van der Waals surface area contributed by atoms with E-state index in [1.54, 1.807) is 24.4 Å². The molecule has 0 aliphatic carbocycles. The smallest absolute Gasteiger partial charge is 0.242 e. The molecule has 0 spiro atoms. The molecule has 2 aromatic rings. The fourth-order valence-corrected chi connectivity index (χ4v) is 4.99. The van der Waals surface area contributed by atoms with Gasteiger partial charge in [-0.2, -0.15) is 0 Å². The molecule has 0 amide bonds. The van der Waals surface area contributed by atoms with Gasteiger partial charge in [0.15, 0.2) is 0 Å². The summed E-state index contributed by atoms with van der Waals surface area (Å²) in [5.74, 6) is 0. The summed E-state index contributed by atoms with van der Waals surface area (Å²) in [6.07, 6.45) is 2.29. The van der Waals surface area contributed by atoms with Crippen LogP contribution >= 0.6 is 27.3 Å². The van der Waals surface area contributed by atoms with E-state index in [9.17, 15) is 8.42 Å². The predicted octanol–water partition coefficient (Wildman–Crippen LogP) is 2.79. The van der Waals surface area contributed by atoms with Gasteiger partial charge in [-0.15, -0.1) is 11.3 Å². The maximum Gasteiger partial charge on any atom is 0.242 e. The molecule has 2 rings (SSSR count). The van der Waals surface area contributed by atoms with Gasteiger partial charge in [-0.25, -0.2) is 18.1 Å². The van der Waals surface area contributed by atoms with Gasteiger partial charge in [0.05, 0.1) is 10.9 Å². The molecule has 0 radical (unpaired) electrons. The molecule has 1 atom stereocenters. The first-order valence-electron chi connectivity index (χ1n) is 6.38. The van der Waals surface area contributed by atoms with E-state index in [0.29, 0.717) is 17.4 Å². The second-order valence-electron chi connectivity index (χ2n) is 4.42. The van der Waals surface area contributed by atoms with Crippen LogP contribution in [0.3, 0.4) is 0 Å². The highest BCUT2D eigenvalue weighted by Crippen LogP contribution is 2.26. The number of thiazole rings is 1. The zero-order valence-corrected chi connectivity index (χ0v) is 14.6. The molecule has 1 heterocycles. The summed E-state index contributed by atoms with van der Waals surface area (Å²) in [4.78, 5) is 4.38. The standard InChI is InChI=1S/C13H16BrN3O2S2/c1-2-11(13-16-5-6-20-13)17-21(18,19)12-7-9(8-15)3-4-10(12)14/h3-7,11,17H,2,8,15H2,1H3. The molecule has 0 aliphatic rings. The van der Waals surface area contributed by atoms with Crippen LogP contribution in [-0.2, 0) is 16.6 Å². The molecule has 21 heavy (non-hydrogen) atoms. The average Bonchev–Trinajstić information content (AvgIpc) is 2.99. The lowest BCUT2D eigenvalue weighted by Crippen LogP contribution is -2.28. The Hall–Kier alpha value is -0.800. The highest BCUT2D eigenvalue weighted by atomic mass is 79.9. The van der Waals surface area contributed by atoms with Crippen LogP contribution in [0.15, 0.2) is 39.1 Å². The number of nitrogens with two attached hydrogens (primary N) is 1. The number of hydrogen-bond acceptors (Lipinski definition) is 5. The van der Waals surface area contributed by atoms with E-state index in [4.69, 9.17) is 5.73 Å². The molecule has 3 N–H and O–H groups in total. The first-order chi connectivity index (χ1) is 9.97. The Labute approximate surface area is 136 Å². The Kier molecular flexibility index (Phi) is 5.50.